The first-order valence-corrected chi connectivity index (χ1v) is 7.17. The zero-order chi connectivity index (χ0) is 12.3. The van der Waals surface area contributed by atoms with Gasteiger partial charge in [0.2, 0.25) is 5.91 Å². The van der Waals surface area contributed by atoms with Crippen molar-refractivity contribution >= 4 is 5.91 Å². The number of nitrogens with zero attached hydrogens (tertiary/aromatic N) is 1. The summed E-state index contributed by atoms with van der Waals surface area (Å²) >= 11 is 0. The molecule has 3 heteroatoms. The highest BCUT2D eigenvalue weighted by Crippen LogP contribution is 2.31. The molecule has 98 valence electrons. The SMILES string of the molecule is CNCC1CCCN1C(=O)C1CCCC(C)C1. The van der Waals surface area contributed by atoms with Crippen LogP contribution in [0.3, 0.4) is 0 Å². The van der Waals surface area contributed by atoms with Gasteiger partial charge in [0.15, 0.2) is 0 Å². The summed E-state index contributed by atoms with van der Waals surface area (Å²) < 4.78 is 0. The van der Waals surface area contributed by atoms with Gasteiger partial charge in [-0.05, 0) is 38.6 Å². The second-order valence-corrected chi connectivity index (χ2v) is 5.85. The zero-order valence-corrected chi connectivity index (χ0v) is 11.2. The summed E-state index contributed by atoms with van der Waals surface area (Å²) in [5.74, 6) is 1.49. The van der Waals surface area contributed by atoms with Crippen LogP contribution in [-0.2, 0) is 4.79 Å². The molecule has 1 aliphatic heterocycles. The third-order valence-corrected chi connectivity index (χ3v) is 4.39. The maximum Gasteiger partial charge on any atom is 0.225 e. The second kappa shape index (κ2) is 5.85. The lowest BCUT2D eigenvalue weighted by Crippen LogP contribution is -2.44. The Morgan fingerprint density at radius 2 is 2.12 bits per heavy atom. The van der Waals surface area contributed by atoms with Crippen LogP contribution in [0.1, 0.15) is 45.4 Å². The fourth-order valence-corrected chi connectivity index (χ4v) is 3.47. The fourth-order valence-electron chi connectivity index (χ4n) is 3.47. The predicted octanol–water partition coefficient (Wildman–Crippen LogP) is 2.02. The molecule has 0 radical (unpaired) electrons. The molecule has 1 amide bonds. The molecular weight excluding hydrogens is 212 g/mol. The number of hydrogen-bond acceptors (Lipinski definition) is 2. The van der Waals surface area contributed by atoms with Crippen molar-refractivity contribution in [2.45, 2.75) is 51.5 Å². The summed E-state index contributed by atoms with van der Waals surface area (Å²) in [6.45, 7) is 4.22. The Morgan fingerprint density at radius 1 is 1.29 bits per heavy atom. The first kappa shape index (κ1) is 12.9. The van der Waals surface area contributed by atoms with Gasteiger partial charge in [0.1, 0.15) is 0 Å². The summed E-state index contributed by atoms with van der Waals surface area (Å²) in [5, 5.41) is 3.21. The maximum absolute atomic E-state index is 12.5. The van der Waals surface area contributed by atoms with Gasteiger partial charge in [0.25, 0.3) is 0 Å². The minimum atomic E-state index is 0.316. The number of carbonyl (C=O) groups excluding carboxylic acids is 1. The molecule has 0 spiro atoms. The molecule has 17 heavy (non-hydrogen) atoms. The highest BCUT2D eigenvalue weighted by atomic mass is 16.2. The van der Waals surface area contributed by atoms with E-state index in [4.69, 9.17) is 0 Å². The Hall–Kier alpha value is -0.570. The van der Waals surface area contributed by atoms with E-state index in [-0.39, 0.29) is 0 Å². The van der Waals surface area contributed by atoms with Gasteiger partial charge in [-0.1, -0.05) is 19.8 Å². The molecule has 1 aliphatic carbocycles. The van der Waals surface area contributed by atoms with Crippen LogP contribution in [0, 0.1) is 11.8 Å². The molecule has 1 saturated heterocycles. The standard InChI is InChI=1S/C14H26N2O/c1-11-5-3-6-12(9-11)14(17)16-8-4-7-13(16)10-15-2/h11-13,15H,3-10H2,1-2H3. The molecule has 0 aromatic rings. The van der Waals surface area contributed by atoms with Crippen LogP contribution in [0.15, 0.2) is 0 Å². The highest BCUT2D eigenvalue weighted by molar-refractivity contribution is 5.79. The van der Waals surface area contributed by atoms with Gasteiger partial charge < -0.3 is 10.2 Å². The number of rotatable bonds is 3. The van der Waals surface area contributed by atoms with Crippen LogP contribution < -0.4 is 5.32 Å². The van der Waals surface area contributed by atoms with Crippen LogP contribution in [0.25, 0.3) is 0 Å². The molecule has 1 heterocycles. The Morgan fingerprint density at radius 3 is 2.82 bits per heavy atom. The van der Waals surface area contributed by atoms with Crippen molar-refractivity contribution in [1.29, 1.82) is 0 Å². The largest absolute Gasteiger partial charge is 0.338 e. The Labute approximate surface area is 105 Å². The van der Waals surface area contributed by atoms with Crippen molar-refractivity contribution in [3.05, 3.63) is 0 Å². The lowest BCUT2D eigenvalue weighted by Gasteiger charge is -2.32. The van der Waals surface area contributed by atoms with E-state index >= 15 is 0 Å². The number of hydrogen-bond donors (Lipinski definition) is 1. The van der Waals surface area contributed by atoms with Gasteiger partial charge in [-0.3, -0.25) is 4.79 Å². The third-order valence-electron chi connectivity index (χ3n) is 4.39. The van der Waals surface area contributed by atoms with Crippen LogP contribution >= 0.6 is 0 Å². The number of carbonyl (C=O) groups is 1. The van der Waals surface area contributed by atoms with Crippen molar-refractivity contribution in [2.24, 2.45) is 11.8 Å². The molecule has 2 rings (SSSR count). The van der Waals surface area contributed by atoms with Crippen molar-refractivity contribution in [2.75, 3.05) is 20.1 Å². The number of likely N-dealkylation sites (tertiary alicyclic amines) is 1. The Balaban J connectivity index is 1.93. The quantitative estimate of drug-likeness (QED) is 0.816. The third kappa shape index (κ3) is 3.01. The van der Waals surface area contributed by atoms with Crippen molar-refractivity contribution < 1.29 is 4.79 Å². The van der Waals surface area contributed by atoms with E-state index < -0.39 is 0 Å². The summed E-state index contributed by atoms with van der Waals surface area (Å²) in [6.07, 6.45) is 7.13. The number of nitrogens with one attached hydrogen (secondary N) is 1. The van der Waals surface area contributed by atoms with E-state index in [0.29, 0.717) is 17.9 Å². The lowest BCUT2D eigenvalue weighted by molar-refractivity contribution is -0.137. The average Bonchev–Trinajstić information content (AvgIpc) is 2.77. The summed E-state index contributed by atoms with van der Waals surface area (Å²) in [6, 6.07) is 0.449. The topological polar surface area (TPSA) is 32.3 Å². The van der Waals surface area contributed by atoms with Gasteiger partial charge in [-0.25, -0.2) is 0 Å². The first-order valence-electron chi connectivity index (χ1n) is 7.17. The van der Waals surface area contributed by atoms with Gasteiger partial charge in [0, 0.05) is 25.0 Å². The van der Waals surface area contributed by atoms with E-state index in [1.54, 1.807) is 0 Å². The lowest BCUT2D eigenvalue weighted by atomic mass is 9.81. The molecule has 2 fully saturated rings. The van der Waals surface area contributed by atoms with Gasteiger partial charge >= 0.3 is 0 Å². The van der Waals surface area contributed by atoms with E-state index in [2.05, 4.69) is 17.1 Å². The van der Waals surface area contributed by atoms with Gasteiger partial charge in [0.05, 0.1) is 0 Å². The van der Waals surface area contributed by atoms with E-state index in [1.165, 1.54) is 25.7 Å². The predicted molar refractivity (Wildman–Crippen MR) is 69.8 cm³/mol. The van der Waals surface area contributed by atoms with Crippen molar-refractivity contribution in [1.82, 2.24) is 10.2 Å². The molecule has 0 aromatic heterocycles. The normalized spacial score (nSPS) is 34.0. The monoisotopic (exact) mass is 238 g/mol. The molecule has 2 aliphatic rings. The van der Waals surface area contributed by atoms with Crippen LogP contribution in [0.5, 0.6) is 0 Å². The van der Waals surface area contributed by atoms with Crippen LogP contribution in [0.4, 0.5) is 0 Å². The van der Waals surface area contributed by atoms with Crippen LogP contribution in [-0.4, -0.2) is 37.0 Å². The molecule has 3 atom stereocenters. The minimum Gasteiger partial charge on any atom is -0.338 e. The molecule has 3 nitrogen and oxygen atoms in total. The summed E-state index contributed by atoms with van der Waals surface area (Å²) in [5.41, 5.74) is 0. The van der Waals surface area contributed by atoms with Crippen molar-refractivity contribution in [3.63, 3.8) is 0 Å². The maximum atomic E-state index is 12.5. The Bertz CT molecular complexity index is 267. The smallest absolute Gasteiger partial charge is 0.225 e. The number of amides is 1. The minimum absolute atomic E-state index is 0.316. The summed E-state index contributed by atoms with van der Waals surface area (Å²) in [4.78, 5) is 14.7. The van der Waals surface area contributed by atoms with Crippen molar-refractivity contribution in [3.8, 4) is 0 Å². The second-order valence-electron chi connectivity index (χ2n) is 5.85. The molecular formula is C14H26N2O. The van der Waals surface area contributed by atoms with E-state index in [1.807, 2.05) is 7.05 Å². The van der Waals surface area contributed by atoms with Gasteiger partial charge in [-0.2, -0.15) is 0 Å². The zero-order valence-electron chi connectivity index (χ0n) is 11.2. The average molecular weight is 238 g/mol. The first-order chi connectivity index (χ1) is 8.22. The van der Waals surface area contributed by atoms with Crippen LogP contribution in [0.2, 0.25) is 0 Å². The summed E-state index contributed by atoms with van der Waals surface area (Å²) in [7, 11) is 1.98. The molecule has 3 unspecified atom stereocenters. The fraction of sp³-hybridized carbons (Fsp3) is 0.929. The highest BCUT2D eigenvalue weighted by Gasteiger charge is 2.34. The molecule has 1 N–H and O–H groups in total. The molecule has 0 aromatic carbocycles. The molecule has 0 bridgehead atoms. The Kier molecular flexibility index (Phi) is 4.43. The van der Waals surface area contributed by atoms with E-state index in [9.17, 15) is 4.79 Å². The molecule has 1 saturated carbocycles. The van der Waals surface area contributed by atoms with E-state index in [0.717, 1.165) is 31.8 Å². The van der Waals surface area contributed by atoms with Gasteiger partial charge in [-0.15, -0.1) is 0 Å². The number of likely N-dealkylation sites (N-methyl/N-ethyl adjacent to an activating group) is 1.